The molecule has 0 aliphatic carbocycles. The summed E-state index contributed by atoms with van der Waals surface area (Å²) in [5, 5.41) is 0. The first-order valence-electron chi connectivity index (χ1n) is 7.43. The van der Waals surface area contributed by atoms with Crippen LogP contribution in [0.4, 0.5) is 4.79 Å². The van der Waals surface area contributed by atoms with Crippen LogP contribution in [0.3, 0.4) is 0 Å². The number of fused-ring (bicyclic) bond motifs is 1. The number of hydrogen-bond donors (Lipinski definition) is 0. The summed E-state index contributed by atoms with van der Waals surface area (Å²) in [6.07, 6.45) is 3.25. The number of pyridine rings is 1. The molecular formula is C18H20N2O2. The summed E-state index contributed by atoms with van der Waals surface area (Å²) in [5.74, 6) is 0. The van der Waals surface area contributed by atoms with Gasteiger partial charge in [0.25, 0.3) is 0 Å². The number of amides is 1. The van der Waals surface area contributed by atoms with Crippen molar-refractivity contribution >= 4 is 6.09 Å². The van der Waals surface area contributed by atoms with Crippen molar-refractivity contribution in [2.75, 3.05) is 0 Å². The predicted octanol–water partition coefficient (Wildman–Crippen LogP) is 3.92. The molecule has 0 radical (unpaired) electrons. The van der Waals surface area contributed by atoms with Gasteiger partial charge in [-0.05, 0) is 43.5 Å². The van der Waals surface area contributed by atoms with Crippen molar-refractivity contribution in [1.29, 1.82) is 0 Å². The molecule has 0 saturated heterocycles. The molecule has 3 rings (SSSR count). The minimum absolute atomic E-state index is 0.139. The van der Waals surface area contributed by atoms with Crippen molar-refractivity contribution in [3.05, 3.63) is 65.5 Å². The van der Waals surface area contributed by atoms with Gasteiger partial charge in [0.1, 0.15) is 5.60 Å². The number of carbonyl (C=O) groups is 1. The first-order chi connectivity index (χ1) is 10.5. The van der Waals surface area contributed by atoms with E-state index in [1.165, 1.54) is 0 Å². The number of benzene rings is 1. The van der Waals surface area contributed by atoms with Gasteiger partial charge in [0.2, 0.25) is 0 Å². The van der Waals surface area contributed by atoms with E-state index >= 15 is 0 Å². The third kappa shape index (κ3) is 2.82. The first-order valence-corrected chi connectivity index (χ1v) is 7.43. The fourth-order valence-corrected chi connectivity index (χ4v) is 2.78. The van der Waals surface area contributed by atoms with Gasteiger partial charge in [-0.25, -0.2) is 4.79 Å². The molecular weight excluding hydrogens is 276 g/mol. The van der Waals surface area contributed by atoms with Gasteiger partial charge in [-0.1, -0.05) is 30.3 Å². The summed E-state index contributed by atoms with van der Waals surface area (Å²) in [5.41, 5.74) is 2.78. The van der Waals surface area contributed by atoms with Crippen LogP contribution in [0.2, 0.25) is 0 Å². The van der Waals surface area contributed by atoms with Gasteiger partial charge >= 0.3 is 6.09 Å². The Bertz CT molecular complexity index is 677. The average Bonchev–Trinajstić information content (AvgIpc) is 2.86. The Hall–Kier alpha value is -2.36. The normalized spacial score (nSPS) is 17.2. The molecule has 1 aliphatic rings. The summed E-state index contributed by atoms with van der Waals surface area (Å²) in [6, 6.07) is 11.9. The van der Waals surface area contributed by atoms with Crippen LogP contribution in [0.1, 0.15) is 43.5 Å². The topological polar surface area (TPSA) is 42.4 Å². The summed E-state index contributed by atoms with van der Waals surface area (Å²) >= 11 is 0. The van der Waals surface area contributed by atoms with E-state index in [9.17, 15) is 4.79 Å². The first kappa shape index (κ1) is 14.6. The van der Waals surface area contributed by atoms with Gasteiger partial charge in [0.05, 0.1) is 12.6 Å². The second-order valence-corrected chi connectivity index (χ2v) is 6.50. The number of aromatic nitrogens is 1. The van der Waals surface area contributed by atoms with Crippen LogP contribution in [0, 0.1) is 0 Å². The molecule has 2 heterocycles. The van der Waals surface area contributed by atoms with Crippen molar-refractivity contribution in [3.63, 3.8) is 0 Å². The lowest BCUT2D eigenvalue weighted by Crippen LogP contribution is -2.36. The molecule has 1 unspecified atom stereocenters. The zero-order chi connectivity index (χ0) is 15.7. The Morgan fingerprint density at radius 2 is 2.00 bits per heavy atom. The predicted molar refractivity (Wildman–Crippen MR) is 84.3 cm³/mol. The van der Waals surface area contributed by atoms with Gasteiger partial charge in [0, 0.05) is 12.4 Å². The van der Waals surface area contributed by atoms with E-state index < -0.39 is 5.60 Å². The molecule has 0 saturated carbocycles. The third-order valence-corrected chi connectivity index (χ3v) is 3.63. The second-order valence-electron chi connectivity index (χ2n) is 6.50. The van der Waals surface area contributed by atoms with E-state index in [4.69, 9.17) is 4.74 Å². The molecule has 0 spiro atoms. The van der Waals surface area contributed by atoms with E-state index in [2.05, 4.69) is 17.1 Å². The van der Waals surface area contributed by atoms with Gasteiger partial charge in [-0.15, -0.1) is 0 Å². The summed E-state index contributed by atoms with van der Waals surface area (Å²) < 4.78 is 5.57. The highest BCUT2D eigenvalue weighted by Gasteiger charge is 2.36. The monoisotopic (exact) mass is 296 g/mol. The van der Waals surface area contributed by atoms with Gasteiger partial charge in [-0.2, -0.15) is 0 Å². The maximum Gasteiger partial charge on any atom is 0.411 e. The highest BCUT2D eigenvalue weighted by atomic mass is 16.6. The van der Waals surface area contributed by atoms with Crippen molar-refractivity contribution in [2.45, 2.75) is 39.0 Å². The van der Waals surface area contributed by atoms with E-state index in [1.807, 2.05) is 51.2 Å². The molecule has 114 valence electrons. The number of hydrogen-bond acceptors (Lipinski definition) is 3. The molecule has 0 bridgehead atoms. The Labute approximate surface area is 130 Å². The van der Waals surface area contributed by atoms with Crippen LogP contribution in [0.5, 0.6) is 0 Å². The zero-order valence-corrected chi connectivity index (χ0v) is 13.1. The highest BCUT2D eigenvalue weighted by molar-refractivity contribution is 5.71. The zero-order valence-electron chi connectivity index (χ0n) is 13.1. The molecule has 1 amide bonds. The van der Waals surface area contributed by atoms with Crippen LogP contribution < -0.4 is 0 Å². The fourth-order valence-electron chi connectivity index (χ4n) is 2.78. The second kappa shape index (κ2) is 5.44. The van der Waals surface area contributed by atoms with Crippen LogP contribution >= 0.6 is 0 Å². The van der Waals surface area contributed by atoms with Crippen LogP contribution in [-0.2, 0) is 11.3 Å². The quantitative estimate of drug-likeness (QED) is 0.801. The van der Waals surface area contributed by atoms with Crippen molar-refractivity contribution < 1.29 is 9.53 Å². The number of nitrogens with zero attached hydrogens (tertiary/aromatic N) is 2. The van der Waals surface area contributed by atoms with E-state index in [1.54, 1.807) is 11.1 Å². The molecule has 1 aromatic heterocycles. The molecule has 0 N–H and O–H groups in total. The third-order valence-electron chi connectivity index (χ3n) is 3.63. The average molecular weight is 296 g/mol. The Kier molecular flexibility index (Phi) is 3.61. The lowest BCUT2D eigenvalue weighted by molar-refractivity contribution is 0.0203. The molecule has 1 aromatic carbocycles. The Balaban J connectivity index is 1.98. The standard InChI is InChI=1S/C18H20N2O2/c1-18(2,3)22-17(21)20-12-14-7-4-5-9-15(14)16(20)13-8-6-10-19-11-13/h4-11,16H,12H2,1-3H3. The molecule has 4 nitrogen and oxygen atoms in total. The van der Waals surface area contributed by atoms with Gasteiger partial charge < -0.3 is 4.74 Å². The van der Waals surface area contributed by atoms with Gasteiger partial charge in [0.15, 0.2) is 0 Å². The molecule has 4 heteroatoms. The SMILES string of the molecule is CC(C)(C)OC(=O)N1Cc2ccccc2C1c1cccnc1. The number of rotatable bonds is 1. The fraction of sp³-hybridized carbons (Fsp3) is 0.333. The minimum Gasteiger partial charge on any atom is -0.444 e. The number of carbonyl (C=O) groups excluding carboxylic acids is 1. The molecule has 2 aromatic rings. The van der Waals surface area contributed by atoms with Crippen LogP contribution in [0.25, 0.3) is 0 Å². The highest BCUT2D eigenvalue weighted by Crippen LogP contribution is 2.38. The van der Waals surface area contributed by atoms with Crippen molar-refractivity contribution in [3.8, 4) is 0 Å². The van der Waals surface area contributed by atoms with Gasteiger partial charge in [-0.3, -0.25) is 9.88 Å². The lowest BCUT2D eigenvalue weighted by atomic mass is 9.99. The summed E-state index contributed by atoms with van der Waals surface area (Å²) in [7, 11) is 0. The molecule has 1 atom stereocenters. The summed E-state index contributed by atoms with van der Waals surface area (Å²) in [6.45, 7) is 6.21. The minimum atomic E-state index is -0.509. The smallest absolute Gasteiger partial charge is 0.411 e. The Morgan fingerprint density at radius 3 is 2.68 bits per heavy atom. The van der Waals surface area contributed by atoms with E-state index in [0.29, 0.717) is 6.54 Å². The van der Waals surface area contributed by atoms with Crippen molar-refractivity contribution in [1.82, 2.24) is 9.88 Å². The largest absolute Gasteiger partial charge is 0.444 e. The van der Waals surface area contributed by atoms with Crippen LogP contribution in [-0.4, -0.2) is 21.6 Å². The lowest BCUT2D eigenvalue weighted by Gasteiger charge is -2.29. The van der Waals surface area contributed by atoms with Crippen molar-refractivity contribution in [2.24, 2.45) is 0 Å². The Morgan fingerprint density at radius 1 is 1.23 bits per heavy atom. The molecule has 22 heavy (non-hydrogen) atoms. The van der Waals surface area contributed by atoms with E-state index in [0.717, 1.165) is 16.7 Å². The van der Waals surface area contributed by atoms with E-state index in [-0.39, 0.29) is 12.1 Å². The maximum absolute atomic E-state index is 12.6. The maximum atomic E-state index is 12.6. The number of ether oxygens (including phenoxy) is 1. The van der Waals surface area contributed by atoms with Crippen LogP contribution in [0.15, 0.2) is 48.8 Å². The molecule has 0 fully saturated rings. The summed E-state index contributed by atoms with van der Waals surface area (Å²) in [4.78, 5) is 18.6. The molecule has 1 aliphatic heterocycles.